The molecule has 0 aliphatic carbocycles. The molecule has 4 nitrogen and oxygen atoms in total. The van der Waals surface area contributed by atoms with E-state index in [9.17, 15) is 0 Å². The zero-order valence-electron chi connectivity index (χ0n) is 10.1. The zero-order chi connectivity index (χ0) is 13.1. The molecule has 3 rings (SSSR count). The topological polar surface area (TPSA) is 43.6 Å². The number of benzene rings is 1. The molecule has 0 fully saturated rings. The van der Waals surface area contributed by atoms with Crippen molar-refractivity contribution in [1.29, 1.82) is 0 Å². The van der Waals surface area contributed by atoms with Crippen molar-refractivity contribution in [2.75, 3.05) is 0 Å². The van der Waals surface area contributed by atoms with Crippen molar-refractivity contribution in [3.05, 3.63) is 71.5 Å². The summed E-state index contributed by atoms with van der Waals surface area (Å²) in [6, 6.07) is 11.5. The van der Waals surface area contributed by atoms with Gasteiger partial charge in [-0.1, -0.05) is 17.7 Å². The van der Waals surface area contributed by atoms with Gasteiger partial charge < -0.3 is 0 Å². The predicted molar refractivity (Wildman–Crippen MR) is 73.4 cm³/mol. The molecule has 0 aliphatic heterocycles. The Bertz CT molecular complexity index is 661. The van der Waals surface area contributed by atoms with Gasteiger partial charge in [-0.2, -0.15) is 0 Å². The van der Waals surface area contributed by atoms with E-state index in [4.69, 9.17) is 11.6 Å². The van der Waals surface area contributed by atoms with Crippen LogP contribution in [-0.4, -0.2) is 19.7 Å². The first-order valence-electron chi connectivity index (χ1n) is 5.87. The first kappa shape index (κ1) is 11.9. The van der Waals surface area contributed by atoms with E-state index in [0.717, 1.165) is 17.1 Å². The summed E-state index contributed by atoms with van der Waals surface area (Å²) in [5.41, 5.74) is 2.10. The van der Waals surface area contributed by atoms with Crippen molar-refractivity contribution in [2.24, 2.45) is 0 Å². The summed E-state index contributed by atoms with van der Waals surface area (Å²) >= 11 is 5.89. The lowest BCUT2D eigenvalue weighted by atomic mass is 10.2. The van der Waals surface area contributed by atoms with Gasteiger partial charge >= 0.3 is 0 Å². The van der Waals surface area contributed by atoms with E-state index in [1.165, 1.54) is 0 Å². The van der Waals surface area contributed by atoms with E-state index < -0.39 is 0 Å². The third kappa shape index (κ3) is 2.63. The average Bonchev–Trinajstić information content (AvgIpc) is 2.89. The van der Waals surface area contributed by atoms with Crippen molar-refractivity contribution < 1.29 is 0 Å². The second kappa shape index (κ2) is 5.20. The van der Waals surface area contributed by atoms with Gasteiger partial charge in [0.05, 0.1) is 0 Å². The number of hydrogen-bond acceptors (Lipinski definition) is 3. The number of aromatic nitrogens is 4. The molecule has 0 unspecified atom stereocenters. The lowest BCUT2D eigenvalue weighted by molar-refractivity contribution is 0.902. The van der Waals surface area contributed by atoms with E-state index in [1.54, 1.807) is 12.5 Å². The summed E-state index contributed by atoms with van der Waals surface area (Å²) in [4.78, 5) is 4.10. The highest BCUT2D eigenvalue weighted by atomic mass is 35.5. The van der Waals surface area contributed by atoms with Gasteiger partial charge in [-0.25, -0.2) is 0 Å². The molecule has 3 aromatic rings. The zero-order valence-corrected chi connectivity index (χ0v) is 10.8. The number of hydrogen-bond donors (Lipinski definition) is 0. The van der Waals surface area contributed by atoms with Gasteiger partial charge in [0.25, 0.3) is 0 Å². The molecule has 2 heterocycles. The fraction of sp³-hybridized carbons (Fsp3) is 0.0714. The molecule has 19 heavy (non-hydrogen) atoms. The maximum atomic E-state index is 5.89. The SMILES string of the molecule is Clc1ccc(-n2cnnc2Cc2cccnc2)cc1. The van der Waals surface area contributed by atoms with Crippen LogP contribution in [0, 0.1) is 0 Å². The van der Waals surface area contributed by atoms with Crippen LogP contribution in [0.2, 0.25) is 5.02 Å². The molecule has 5 heteroatoms. The van der Waals surface area contributed by atoms with Crippen LogP contribution in [0.3, 0.4) is 0 Å². The molecule has 0 amide bonds. The Morgan fingerprint density at radius 3 is 2.68 bits per heavy atom. The highest BCUT2D eigenvalue weighted by Gasteiger charge is 2.07. The Kier molecular flexibility index (Phi) is 3.25. The van der Waals surface area contributed by atoms with Gasteiger partial charge in [-0.05, 0) is 35.9 Å². The lowest BCUT2D eigenvalue weighted by Gasteiger charge is -2.06. The van der Waals surface area contributed by atoms with Gasteiger partial charge in [0.2, 0.25) is 0 Å². The summed E-state index contributed by atoms with van der Waals surface area (Å²) in [6.07, 6.45) is 5.99. The number of rotatable bonds is 3. The normalized spacial score (nSPS) is 10.6. The molecule has 0 saturated carbocycles. The van der Waals surface area contributed by atoms with Crippen LogP contribution in [0.5, 0.6) is 0 Å². The van der Waals surface area contributed by atoms with Crippen molar-refractivity contribution >= 4 is 11.6 Å². The van der Waals surface area contributed by atoms with E-state index in [2.05, 4.69) is 15.2 Å². The Hall–Kier alpha value is -2.20. The average molecular weight is 271 g/mol. The Morgan fingerprint density at radius 2 is 1.95 bits per heavy atom. The second-order valence-corrected chi connectivity index (χ2v) is 4.57. The van der Waals surface area contributed by atoms with Crippen LogP contribution in [-0.2, 0) is 6.42 Å². The minimum absolute atomic E-state index is 0.691. The molecule has 0 spiro atoms. The first-order valence-corrected chi connectivity index (χ1v) is 6.24. The number of halogens is 1. The van der Waals surface area contributed by atoms with Crippen molar-refractivity contribution in [3.63, 3.8) is 0 Å². The van der Waals surface area contributed by atoms with Gasteiger partial charge in [0.15, 0.2) is 0 Å². The molecule has 0 bridgehead atoms. The Labute approximate surface area is 115 Å². The summed E-state index contributed by atoms with van der Waals surface area (Å²) < 4.78 is 1.95. The van der Waals surface area contributed by atoms with Crippen LogP contribution in [0.25, 0.3) is 5.69 Å². The van der Waals surface area contributed by atoms with Crippen LogP contribution in [0.4, 0.5) is 0 Å². The lowest BCUT2D eigenvalue weighted by Crippen LogP contribution is -2.01. The van der Waals surface area contributed by atoms with Crippen molar-refractivity contribution in [3.8, 4) is 5.69 Å². The molecule has 0 saturated heterocycles. The summed E-state index contributed by atoms with van der Waals surface area (Å²) in [6.45, 7) is 0. The monoisotopic (exact) mass is 270 g/mol. The van der Waals surface area contributed by atoms with Crippen LogP contribution >= 0.6 is 11.6 Å². The summed E-state index contributed by atoms with van der Waals surface area (Å²) in [7, 11) is 0. The molecule has 0 atom stereocenters. The minimum atomic E-state index is 0.691. The minimum Gasteiger partial charge on any atom is -0.285 e. The van der Waals surface area contributed by atoms with Gasteiger partial charge in [-0.15, -0.1) is 10.2 Å². The van der Waals surface area contributed by atoms with Crippen LogP contribution in [0.1, 0.15) is 11.4 Å². The van der Waals surface area contributed by atoms with Gasteiger partial charge in [0.1, 0.15) is 12.2 Å². The van der Waals surface area contributed by atoms with E-state index >= 15 is 0 Å². The molecule has 2 aromatic heterocycles. The maximum absolute atomic E-state index is 5.89. The fourth-order valence-corrected chi connectivity index (χ4v) is 2.01. The van der Waals surface area contributed by atoms with E-state index in [0.29, 0.717) is 11.4 Å². The van der Waals surface area contributed by atoms with E-state index in [1.807, 2.05) is 47.2 Å². The highest BCUT2D eigenvalue weighted by molar-refractivity contribution is 6.30. The molecular formula is C14H11ClN4. The van der Waals surface area contributed by atoms with Crippen LogP contribution in [0.15, 0.2) is 55.1 Å². The summed E-state index contributed by atoms with van der Waals surface area (Å²) in [5, 5.41) is 8.85. The molecule has 0 N–H and O–H groups in total. The highest BCUT2D eigenvalue weighted by Crippen LogP contribution is 2.15. The standard InChI is InChI=1S/C14H11ClN4/c15-12-3-5-13(6-4-12)19-10-17-18-14(19)8-11-2-1-7-16-9-11/h1-7,9-10H,8H2. The van der Waals surface area contributed by atoms with Crippen molar-refractivity contribution in [1.82, 2.24) is 19.7 Å². The number of pyridine rings is 1. The molecule has 94 valence electrons. The fourth-order valence-electron chi connectivity index (χ4n) is 1.88. The van der Waals surface area contributed by atoms with Crippen LogP contribution < -0.4 is 0 Å². The number of nitrogens with zero attached hydrogens (tertiary/aromatic N) is 4. The molecule has 1 aromatic carbocycles. The molecule has 0 radical (unpaired) electrons. The molecule has 0 aliphatic rings. The smallest absolute Gasteiger partial charge is 0.141 e. The third-order valence-electron chi connectivity index (χ3n) is 2.81. The maximum Gasteiger partial charge on any atom is 0.141 e. The van der Waals surface area contributed by atoms with Crippen molar-refractivity contribution in [2.45, 2.75) is 6.42 Å². The van der Waals surface area contributed by atoms with E-state index in [-0.39, 0.29) is 0 Å². The Morgan fingerprint density at radius 1 is 1.11 bits per heavy atom. The molecular weight excluding hydrogens is 260 g/mol. The van der Waals surface area contributed by atoms with Gasteiger partial charge in [-0.3, -0.25) is 9.55 Å². The quantitative estimate of drug-likeness (QED) is 0.735. The Balaban J connectivity index is 1.92. The third-order valence-corrected chi connectivity index (χ3v) is 3.06. The van der Waals surface area contributed by atoms with Gasteiger partial charge in [0, 0.05) is 29.5 Å². The summed E-state index contributed by atoms with van der Waals surface area (Å²) in [5.74, 6) is 0.871. The largest absolute Gasteiger partial charge is 0.285 e. The second-order valence-electron chi connectivity index (χ2n) is 4.13. The first-order chi connectivity index (χ1) is 9.33. The predicted octanol–water partition coefficient (Wildman–Crippen LogP) is 2.91.